The van der Waals surface area contributed by atoms with E-state index in [1.807, 2.05) is 12.1 Å². The van der Waals surface area contributed by atoms with Crippen molar-refractivity contribution >= 4 is 39.8 Å². The van der Waals surface area contributed by atoms with Gasteiger partial charge in [-0.1, -0.05) is 97.1 Å². The Balaban J connectivity index is 1.52. The lowest BCUT2D eigenvalue weighted by Gasteiger charge is -2.32. The Hall–Kier alpha value is -3.91. The number of fused-ring (bicyclic) bond motifs is 2. The standard InChI is InChI=1S/C33H28BNO2/c1-32(2)33(3,4)37-34(36-32)24-18-14-22(15-19-24)30-26-10-6-8-12-28(26)31(29-13-9-7-11-27(29)30)23-16-20-25(35-5)21-17-23/h6-21H,1-4H3. The second kappa shape index (κ2) is 8.59. The SMILES string of the molecule is [C-]#[N+]c1ccc(-c2c3ccccc3c(-c3ccc(B4OC(C)(C)C(C)(C)O4)cc3)c3ccccc23)cc1. The second-order valence-electron chi connectivity index (χ2n) is 10.7. The molecule has 5 aromatic carbocycles. The molecule has 6 rings (SSSR count). The average Bonchev–Trinajstić information content (AvgIpc) is 3.14. The highest BCUT2D eigenvalue weighted by Gasteiger charge is 2.51. The maximum Gasteiger partial charge on any atom is 0.494 e. The predicted molar refractivity (Wildman–Crippen MR) is 154 cm³/mol. The highest BCUT2D eigenvalue weighted by molar-refractivity contribution is 6.62. The van der Waals surface area contributed by atoms with Gasteiger partial charge >= 0.3 is 7.12 Å². The molecule has 0 radical (unpaired) electrons. The molecular weight excluding hydrogens is 453 g/mol. The van der Waals surface area contributed by atoms with Gasteiger partial charge in [-0.15, -0.1) is 0 Å². The second-order valence-corrected chi connectivity index (χ2v) is 10.7. The Kier molecular flexibility index (Phi) is 5.46. The third kappa shape index (κ3) is 3.83. The van der Waals surface area contributed by atoms with Crippen LogP contribution in [0.1, 0.15) is 27.7 Å². The zero-order valence-electron chi connectivity index (χ0n) is 21.6. The van der Waals surface area contributed by atoms with E-state index in [9.17, 15) is 0 Å². The van der Waals surface area contributed by atoms with E-state index in [-0.39, 0.29) is 18.3 Å². The molecule has 4 heteroatoms. The van der Waals surface area contributed by atoms with Gasteiger partial charge in [0.05, 0.1) is 17.8 Å². The van der Waals surface area contributed by atoms with Gasteiger partial charge in [-0.25, -0.2) is 4.85 Å². The molecule has 1 aliphatic heterocycles. The number of hydrogen-bond acceptors (Lipinski definition) is 2. The van der Waals surface area contributed by atoms with Crippen LogP contribution in [0.5, 0.6) is 0 Å². The van der Waals surface area contributed by atoms with Crippen molar-refractivity contribution in [3.63, 3.8) is 0 Å². The Morgan fingerprint density at radius 1 is 0.568 bits per heavy atom. The minimum atomic E-state index is -0.381. The lowest BCUT2D eigenvalue weighted by Crippen LogP contribution is -2.41. The molecule has 0 atom stereocenters. The van der Waals surface area contributed by atoms with E-state index in [0.29, 0.717) is 5.69 Å². The van der Waals surface area contributed by atoms with Crippen LogP contribution >= 0.6 is 0 Å². The number of nitrogens with zero attached hydrogens (tertiary/aromatic N) is 1. The van der Waals surface area contributed by atoms with Crippen molar-refractivity contribution in [3.8, 4) is 22.3 Å². The van der Waals surface area contributed by atoms with Crippen LogP contribution < -0.4 is 5.46 Å². The summed E-state index contributed by atoms with van der Waals surface area (Å²) in [4.78, 5) is 3.57. The molecule has 1 heterocycles. The van der Waals surface area contributed by atoms with Gasteiger partial charge < -0.3 is 9.31 Å². The van der Waals surface area contributed by atoms with Crippen molar-refractivity contribution in [1.82, 2.24) is 0 Å². The molecule has 0 N–H and O–H groups in total. The van der Waals surface area contributed by atoms with E-state index in [0.717, 1.165) is 16.6 Å². The van der Waals surface area contributed by atoms with E-state index in [2.05, 4.69) is 117 Å². The van der Waals surface area contributed by atoms with E-state index in [1.165, 1.54) is 32.7 Å². The fourth-order valence-corrected chi connectivity index (χ4v) is 5.24. The number of hydrogen-bond donors (Lipinski definition) is 0. The molecule has 5 aromatic rings. The van der Waals surface area contributed by atoms with Gasteiger partial charge in [0.15, 0.2) is 5.69 Å². The van der Waals surface area contributed by atoms with E-state index in [4.69, 9.17) is 15.9 Å². The van der Waals surface area contributed by atoms with Gasteiger partial charge in [-0.3, -0.25) is 0 Å². The quantitative estimate of drug-likeness (QED) is 0.147. The van der Waals surface area contributed by atoms with Crippen LogP contribution in [0.4, 0.5) is 5.69 Å². The van der Waals surface area contributed by atoms with Crippen molar-refractivity contribution in [2.24, 2.45) is 0 Å². The fraction of sp³-hybridized carbons (Fsp3) is 0.182. The summed E-state index contributed by atoms with van der Waals surface area (Å²) in [6.45, 7) is 15.6. The molecule has 37 heavy (non-hydrogen) atoms. The maximum absolute atomic E-state index is 7.32. The van der Waals surface area contributed by atoms with Crippen molar-refractivity contribution in [2.45, 2.75) is 38.9 Å². The summed E-state index contributed by atoms with van der Waals surface area (Å²) in [6.07, 6.45) is 0. The van der Waals surface area contributed by atoms with Gasteiger partial charge in [-0.05, 0) is 77.0 Å². The minimum Gasteiger partial charge on any atom is -0.399 e. The zero-order chi connectivity index (χ0) is 25.8. The molecular formula is C33H28BNO2. The van der Waals surface area contributed by atoms with Crippen LogP contribution in [0.25, 0.3) is 48.6 Å². The van der Waals surface area contributed by atoms with Crippen molar-refractivity contribution in [1.29, 1.82) is 0 Å². The molecule has 1 aliphatic rings. The molecule has 1 saturated heterocycles. The monoisotopic (exact) mass is 481 g/mol. The first-order valence-corrected chi connectivity index (χ1v) is 12.7. The van der Waals surface area contributed by atoms with Crippen LogP contribution in [-0.2, 0) is 9.31 Å². The minimum absolute atomic E-state index is 0.370. The van der Waals surface area contributed by atoms with Gasteiger partial charge in [0.25, 0.3) is 0 Å². The first-order chi connectivity index (χ1) is 17.8. The van der Waals surface area contributed by atoms with Crippen LogP contribution in [0.15, 0.2) is 97.1 Å². The number of benzene rings is 5. The molecule has 0 aliphatic carbocycles. The smallest absolute Gasteiger partial charge is 0.399 e. The molecule has 180 valence electrons. The molecule has 3 nitrogen and oxygen atoms in total. The van der Waals surface area contributed by atoms with Gasteiger partial charge in [0.1, 0.15) is 0 Å². The summed E-state index contributed by atoms with van der Waals surface area (Å²) in [7, 11) is -0.381. The molecule has 0 aromatic heterocycles. The van der Waals surface area contributed by atoms with Crippen LogP contribution in [0.2, 0.25) is 0 Å². The van der Waals surface area contributed by atoms with Gasteiger partial charge in [0.2, 0.25) is 0 Å². The summed E-state index contributed by atoms with van der Waals surface area (Å²) in [5, 5.41) is 4.80. The van der Waals surface area contributed by atoms with E-state index in [1.54, 1.807) is 0 Å². The molecule has 1 fully saturated rings. The summed E-state index contributed by atoms with van der Waals surface area (Å²) < 4.78 is 12.6. The Morgan fingerprint density at radius 2 is 0.946 bits per heavy atom. The lowest BCUT2D eigenvalue weighted by atomic mass is 9.78. The summed E-state index contributed by atoms with van der Waals surface area (Å²) in [5.74, 6) is 0. The van der Waals surface area contributed by atoms with Crippen molar-refractivity contribution < 1.29 is 9.31 Å². The van der Waals surface area contributed by atoms with Crippen molar-refractivity contribution in [2.75, 3.05) is 0 Å². The van der Waals surface area contributed by atoms with Crippen molar-refractivity contribution in [3.05, 3.63) is 108 Å². The zero-order valence-corrected chi connectivity index (χ0v) is 21.6. The third-order valence-electron chi connectivity index (χ3n) is 7.94. The van der Waals surface area contributed by atoms with Crippen LogP contribution in [0.3, 0.4) is 0 Å². The normalized spacial score (nSPS) is 16.2. The van der Waals surface area contributed by atoms with Gasteiger partial charge in [0, 0.05) is 0 Å². The molecule has 0 bridgehead atoms. The number of rotatable bonds is 3. The topological polar surface area (TPSA) is 22.8 Å². The lowest BCUT2D eigenvalue weighted by molar-refractivity contribution is 0.00578. The first kappa shape index (κ1) is 23.5. The molecule has 0 spiro atoms. The van der Waals surface area contributed by atoms with Crippen LogP contribution in [0, 0.1) is 6.57 Å². The maximum atomic E-state index is 7.32. The third-order valence-corrected chi connectivity index (χ3v) is 7.94. The first-order valence-electron chi connectivity index (χ1n) is 12.7. The summed E-state index contributed by atoms with van der Waals surface area (Å²) in [5.41, 5.74) is 5.61. The largest absolute Gasteiger partial charge is 0.494 e. The average molecular weight is 481 g/mol. The molecule has 0 amide bonds. The molecule has 0 unspecified atom stereocenters. The Labute approximate surface area is 218 Å². The van der Waals surface area contributed by atoms with E-state index < -0.39 is 0 Å². The Morgan fingerprint density at radius 3 is 1.32 bits per heavy atom. The predicted octanol–water partition coefficient (Wildman–Crippen LogP) is 8.18. The highest BCUT2D eigenvalue weighted by atomic mass is 16.7. The van der Waals surface area contributed by atoms with Gasteiger partial charge in [-0.2, -0.15) is 0 Å². The van der Waals surface area contributed by atoms with Crippen LogP contribution in [-0.4, -0.2) is 18.3 Å². The summed E-state index contributed by atoms with van der Waals surface area (Å²) >= 11 is 0. The highest BCUT2D eigenvalue weighted by Crippen LogP contribution is 2.44. The molecule has 0 saturated carbocycles. The summed E-state index contributed by atoms with van der Waals surface area (Å²) in [6, 6.07) is 33.7. The Bertz CT molecular complexity index is 1610. The fourth-order valence-electron chi connectivity index (χ4n) is 5.24. The van der Waals surface area contributed by atoms with E-state index >= 15 is 0 Å².